The monoisotopic (exact) mass is 339 g/mol. The van der Waals surface area contributed by atoms with Gasteiger partial charge in [-0.1, -0.05) is 54.6 Å². The van der Waals surface area contributed by atoms with Crippen LogP contribution < -0.4 is 0 Å². The van der Waals surface area contributed by atoms with E-state index in [1.165, 1.54) is 11.1 Å². The summed E-state index contributed by atoms with van der Waals surface area (Å²) in [5.74, 6) is 0.102. The molecule has 0 aromatic heterocycles. The second kappa shape index (κ2) is 9.37. The minimum atomic E-state index is -0.250. The maximum Gasteiger partial charge on any atom is 0.290 e. The van der Waals surface area contributed by atoms with Crippen molar-refractivity contribution in [3.8, 4) is 0 Å². The van der Waals surface area contributed by atoms with Gasteiger partial charge in [-0.05, 0) is 17.5 Å². The van der Waals surface area contributed by atoms with Crippen molar-refractivity contribution < 1.29 is 19.5 Å². The third-order valence-electron chi connectivity index (χ3n) is 4.15. The van der Waals surface area contributed by atoms with Crippen molar-refractivity contribution in [2.24, 2.45) is 0 Å². The molecule has 2 aromatic rings. The van der Waals surface area contributed by atoms with Crippen LogP contribution in [0.3, 0.4) is 0 Å². The second-order valence-electron chi connectivity index (χ2n) is 5.73. The highest BCUT2D eigenvalue weighted by Crippen LogP contribution is 2.19. The van der Waals surface area contributed by atoms with Crippen molar-refractivity contribution in [1.82, 2.24) is 4.90 Å². The third kappa shape index (κ3) is 5.28. The Labute approximate surface area is 146 Å². The number of benzene rings is 2. The Morgan fingerprint density at radius 2 is 1.56 bits per heavy atom. The predicted octanol–water partition coefficient (Wildman–Crippen LogP) is 2.94. The molecule has 2 aromatic carbocycles. The summed E-state index contributed by atoms with van der Waals surface area (Å²) in [6.07, 6.45) is 1.46. The van der Waals surface area contributed by atoms with Gasteiger partial charge in [0.2, 0.25) is 5.91 Å². The van der Waals surface area contributed by atoms with E-state index in [1.54, 1.807) is 12.1 Å². The summed E-state index contributed by atoms with van der Waals surface area (Å²) in [5, 5.41) is 6.89. The van der Waals surface area contributed by atoms with Crippen LogP contribution in [0.4, 0.5) is 0 Å². The van der Waals surface area contributed by atoms with Crippen LogP contribution in [0.2, 0.25) is 0 Å². The molecule has 130 valence electrons. The third-order valence-corrected chi connectivity index (χ3v) is 4.15. The number of carboxylic acid groups (broad SMARTS) is 1. The lowest BCUT2D eigenvalue weighted by Gasteiger charge is -2.28. The van der Waals surface area contributed by atoms with Crippen LogP contribution in [0, 0.1) is 0 Å². The second-order valence-corrected chi connectivity index (χ2v) is 5.73. The Hall–Kier alpha value is -2.95. The van der Waals surface area contributed by atoms with Gasteiger partial charge < -0.3 is 10.0 Å². The van der Waals surface area contributed by atoms with Crippen molar-refractivity contribution in [2.75, 3.05) is 6.54 Å². The van der Waals surface area contributed by atoms with Crippen LogP contribution in [-0.4, -0.2) is 34.7 Å². The van der Waals surface area contributed by atoms with E-state index in [-0.39, 0.29) is 31.0 Å². The van der Waals surface area contributed by atoms with Crippen molar-refractivity contribution in [1.29, 1.82) is 0 Å². The van der Waals surface area contributed by atoms with E-state index in [0.717, 1.165) is 13.0 Å². The Bertz CT molecular complexity index is 727. The van der Waals surface area contributed by atoms with Crippen LogP contribution in [0.5, 0.6) is 0 Å². The zero-order valence-corrected chi connectivity index (χ0v) is 13.9. The number of hydrogen-bond acceptors (Lipinski definition) is 3. The Morgan fingerprint density at radius 1 is 0.960 bits per heavy atom. The SMILES string of the molecule is O=C(CCC(=O)N1CCc2ccccc2C1)c1ccccc1.O=CO. The van der Waals surface area contributed by atoms with Crippen molar-refractivity contribution in [3.05, 3.63) is 71.3 Å². The molecule has 1 aliphatic rings. The van der Waals surface area contributed by atoms with Crippen molar-refractivity contribution >= 4 is 18.2 Å². The quantitative estimate of drug-likeness (QED) is 0.686. The summed E-state index contributed by atoms with van der Waals surface area (Å²) in [7, 11) is 0. The lowest BCUT2D eigenvalue weighted by molar-refractivity contribution is -0.132. The summed E-state index contributed by atoms with van der Waals surface area (Å²) >= 11 is 0. The molecule has 0 saturated carbocycles. The average molecular weight is 339 g/mol. The fourth-order valence-electron chi connectivity index (χ4n) is 2.86. The molecule has 0 unspecified atom stereocenters. The van der Waals surface area contributed by atoms with E-state index < -0.39 is 0 Å². The number of carbonyl (C=O) groups is 3. The van der Waals surface area contributed by atoms with Gasteiger partial charge in [0.1, 0.15) is 0 Å². The Morgan fingerprint density at radius 3 is 2.24 bits per heavy atom. The van der Waals surface area contributed by atoms with E-state index in [2.05, 4.69) is 12.1 Å². The fourth-order valence-corrected chi connectivity index (χ4v) is 2.86. The molecule has 5 nitrogen and oxygen atoms in total. The van der Waals surface area contributed by atoms with Crippen LogP contribution in [-0.2, 0) is 22.6 Å². The maximum absolute atomic E-state index is 12.3. The molecule has 0 fully saturated rings. The summed E-state index contributed by atoms with van der Waals surface area (Å²) in [5.41, 5.74) is 3.22. The summed E-state index contributed by atoms with van der Waals surface area (Å²) in [6.45, 7) is 1.16. The van der Waals surface area contributed by atoms with Gasteiger partial charge in [0.05, 0.1) is 0 Å². The molecule has 5 heteroatoms. The molecule has 0 atom stereocenters. The topological polar surface area (TPSA) is 74.7 Å². The highest BCUT2D eigenvalue weighted by Gasteiger charge is 2.20. The van der Waals surface area contributed by atoms with E-state index in [0.29, 0.717) is 12.1 Å². The van der Waals surface area contributed by atoms with Crippen LogP contribution in [0.1, 0.15) is 34.3 Å². The van der Waals surface area contributed by atoms with Crippen LogP contribution >= 0.6 is 0 Å². The normalized spacial score (nSPS) is 12.4. The number of rotatable bonds is 4. The number of fused-ring (bicyclic) bond motifs is 1. The van der Waals surface area contributed by atoms with Gasteiger partial charge in [-0.3, -0.25) is 14.4 Å². The Kier molecular flexibility index (Phi) is 6.89. The number of nitrogens with zero attached hydrogens (tertiary/aromatic N) is 1. The highest BCUT2D eigenvalue weighted by molar-refractivity contribution is 5.97. The largest absolute Gasteiger partial charge is 0.483 e. The minimum absolute atomic E-state index is 0.0337. The van der Waals surface area contributed by atoms with Gasteiger partial charge in [0.15, 0.2) is 5.78 Å². The summed E-state index contributed by atoms with van der Waals surface area (Å²) in [6, 6.07) is 17.4. The zero-order chi connectivity index (χ0) is 18.1. The van der Waals surface area contributed by atoms with Gasteiger partial charge in [-0.15, -0.1) is 0 Å². The number of amides is 1. The van der Waals surface area contributed by atoms with E-state index in [9.17, 15) is 9.59 Å². The molecular formula is C20H21NO4. The summed E-state index contributed by atoms with van der Waals surface area (Å²) < 4.78 is 0. The molecule has 25 heavy (non-hydrogen) atoms. The van der Waals surface area contributed by atoms with Gasteiger partial charge in [-0.25, -0.2) is 0 Å². The highest BCUT2D eigenvalue weighted by atomic mass is 16.3. The lowest BCUT2D eigenvalue weighted by atomic mass is 9.99. The average Bonchev–Trinajstić information content (AvgIpc) is 2.66. The summed E-state index contributed by atoms with van der Waals surface area (Å²) in [4.78, 5) is 34.6. The number of ketones is 1. The zero-order valence-electron chi connectivity index (χ0n) is 13.9. The number of carbonyl (C=O) groups excluding carboxylic acids is 2. The molecule has 0 spiro atoms. The molecule has 1 amide bonds. The first-order valence-corrected chi connectivity index (χ1v) is 8.16. The van der Waals surface area contributed by atoms with Crippen LogP contribution in [0.15, 0.2) is 54.6 Å². The molecule has 0 bridgehead atoms. The first-order chi connectivity index (χ1) is 12.2. The van der Waals surface area contributed by atoms with Gasteiger partial charge in [-0.2, -0.15) is 0 Å². The molecule has 1 N–H and O–H groups in total. The Balaban J connectivity index is 0.000000701. The minimum Gasteiger partial charge on any atom is -0.483 e. The number of hydrogen-bond donors (Lipinski definition) is 1. The first-order valence-electron chi connectivity index (χ1n) is 8.16. The molecule has 3 rings (SSSR count). The van der Waals surface area contributed by atoms with Crippen LogP contribution in [0.25, 0.3) is 0 Å². The standard InChI is InChI=1S/C19H19NO2.CH2O2/c21-18(16-7-2-1-3-8-16)10-11-19(22)20-13-12-15-6-4-5-9-17(15)14-20;2-1-3/h1-9H,10-14H2;1H,(H,2,3). The molecule has 0 saturated heterocycles. The van der Waals surface area contributed by atoms with Gasteiger partial charge in [0, 0.05) is 31.5 Å². The molecule has 0 aliphatic carbocycles. The molecule has 0 radical (unpaired) electrons. The lowest BCUT2D eigenvalue weighted by Crippen LogP contribution is -2.36. The van der Waals surface area contributed by atoms with E-state index in [4.69, 9.17) is 9.90 Å². The maximum atomic E-state index is 12.3. The van der Waals surface area contributed by atoms with Crippen molar-refractivity contribution in [3.63, 3.8) is 0 Å². The number of Topliss-reactive ketones (excluding diaryl/α,β-unsaturated/α-hetero) is 1. The van der Waals surface area contributed by atoms with Crippen molar-refractivity contribution in [2.45, 2.75) is 25.8 Å². The van der Waals surface area contributed by atoms with E-state index >= 15 is 0 Å². The fraction of sp³-hybridized carbons (Fsp3) is 0.250. The van der Waals surface area contributed by atoms with Gasteiger partial charge in [0.25, 0.3) is 6.47 Å². The smallest absolute Gasteiger partial charge is 0.290 e. The molecular weight excluding hydrogens is 318 g/mol. The van der Waals surface area contributed by atoms with E-state index in [1.807, 2.05) is 35.2 Å². The predicted molar refractivity (Wildman–Crippen MR) is 94.3 cm³/mol. The van der Waals surface area contributed by atoms with Gasteiger partial charge >= 0.3 is 0 Å². The molecule has 1 heterocycles. The first kappa shape index (κ1) is 18.4. The molecule has 1 aliphatic heterocycles.